The highest BCUT2D eigenvalue weighted by Gasteiger charge is 2.22. The van der Waals surface area contributed by atoms with E-state index < -0.39 is 5.92 Å². The average Bonchev–Trinajstić information content (AvgIpc) is 2.30. The second-order valence-electron chi connectivity index (χ2n) is 5.07. The lowest BCUT2D eigenvalue weighted by Crippen LogP contribution is -2.35. The monoisotopic (exact) mass is 239 g/mol. The van der Waals surface area contributed by atoms with Crippen molar-refractivity contribution in [1.29, 1.82) is 0 Å². The molecule has 1 atom stereocenters. The van der Waals surface area contributed by atoms with Gasteiger partial charge in [0.05, 0.1) is 5.92 Å². The van der Waals surface area contributed by atoms with Crippen LogP contribution in [-0.4, -0.2) is 18.2 Å². The van der Waals surface area contributed by atoms with Gasteiger partial charge in [0.15, 0.2) is 0 Å². The molecule has 0 saturated carbocycles. The SMILES string of the molecule is CC(=O)C1CCCCCCCCCCNC1=O. The number of hydrogen-bond donors (Lipinski definition) is 1. The van der Waals surface area contributed by atoms with E-state index in [-0.39, 0.29) is 11.7 Å². The Bertz CT molecular complexity index is 251. The van der Waals surface area contributed by atoms with E-state index in [0.29, 0.717) is 0 Å². The van der Waals surface area contributed by atoms with E-state index >= 15 is 0 Å². The Labute approximate surface area is 104 Å². The second kappa shape index (κ2) is 8.26. The third kappa shape index (κ3) is 5.85. The van der Waals surface area contributed by atoms with Crippen molar-refractivity contribution in [2.24, 2.45) is 5.92 Å². The third-order valence-electron chi connectivity index (χ3n) is 3.53. The fourth-order valence-electron chi connectivity index (χ4n) is 2.39. The summed E-state index contributed by atoms with van der Waals surface area (Å²) in [7, 11) is 0. The fourth-order valence-corrected chi connectivity index (χ4v) is 2.39. The minimum atomic E-state index is -0.407. The van der Waals surface area contributed by atoms with Crippen LogP contribution in [0.5, 0.6) is 0 Å². The van der Waals surface area contributed by atoms with Gasteiger partial charge in [0.25, 0.3) is 0 Å². The van der Waals surface area contributed by atoms with Gasteiger partial charge < -0.3 is 5.32 Å². The van der Waals surface area contributed by atoms with Crippen molar-refractivity contribution >= 4 is 11.7 Å². The van der Waals surface area contributed by atoms with E-state index in [4.69, 9.17) is 0 Å². The summed E-state index contributed by atoms with van der Waals surface area (Å²) >= 11 is 0. The maximum atomic E-state index is 11.8. The number of rotatable bonds is 1. The average molecular weight is 239 g/mol. The van der Waals surface area contributed by atoms with Crippen LogP contribution in [0, 0.1) is 5.92 Å². The van der Waals surface area contributed by atoms with Crippen LogP contribution in [0.3, 0.4) is 0 Å². The summed E-state index contributed by atoms with van der Waals surface area (Å²) in [5.74, 6) is -0.454. The van der Waals surface area contributed by atoms with Crippen molar-refractivity contribution in [2.75, 3.05) is 6.54 Å². The van der Waals surface area contributed by atoms with Crippen molar-refractivity contribution in [3.8, 4) is 0 Å². The van der Waals surface area contributed by atoms with Gasteiger partial charge in [-0.15, -0.1) is 0 Å². The largest absolute Gasteiger partial charge is 0.355 e. The van der Waals surface area contributed by atoms with Gasteiger partial charge in [-0.2, -0.15) is 0 Å². The first-order valence-electron chi connectivity index (χ1n) is 7.00. The number of hydrogen-bond acceptors (Lipinski definition) is 2. The quantitative estimate of drug-likeness (QED) is 0.715. The van der Waals surface area contributed by atoms with E-state index in [1.165, 1.54) is 39.0 Å². The first-order chi connectivity index (χ1) is 8.22. The van der Waals surface area contributed by atoms with Gasteiger partial charge >= 0.3 is 0 Å². The molecule has 0 aromatic carbocycles. The Morgan fingerprint density at radius 3 is 2.12 bits per heavy atom. The van der Waals surface area contributed by atoms with E-state index in [0.717, 1.165) is 32.2 Å². The zero-order valence-corrected chi connectivity index (χ0v) is 11.0. The molecule has 0 aromatic rings. The van der Waals surface area contributed by atoms with Crippen LogP contribution in [0.1, 0.15) is 64.7 Å². The van der Waals surface area contributed by atoms with Gasteiger partial charge in [-0.05, 0) is 19.8 Å². The molecule has 0 aliphatic carbocycles. The molecule has 1 fully saturated rings. The molecule has 3 nitrogen and oxygen atoms in total. The zero-order valence-electron chi connectivity index (χ0n) is 11.0. The van der Waals surface area contributed by atoms with Crippen LogP contribution in [-0.2, 0) is 9.59 Å². The van der Waals surface area contributed by atoms with Crippen molar-refractivity contribution in [1.82, 2.24) is 5.32 Å². The predicted octanol–water partition coefficient (Wildman–Crippen LogP) is 2.83. The van der Waals surface area contributed by atoms with E-state index in [9.17, 15) is 9.59 Å². The summed E-state index contributed by atoms with van der Waals surface area (Å²) in [6.45, 7) is 2.25. The van der Waals surface area contributed by atoms with Crippen LogP contribution in [0.4, 0.5) is 0 Å². The minimum Gasteiger partial charge on any atom is -0.355 e. The number of amides is 1. The molecular weight excluding hydrogens is 214 g/mol. The summed E-state index contributed by atoms with van der Waals surface area (Å²) in [6, 6.07) is 0. The summed E-state index contributed by atoms with van der Waals surface area (Å²) in [6.07, 6.45) is 10.2. The van der Waals surface area contributed by atoms with Crippen molar-refractivity contribution in [3.63, 3.8) is 0 Å². The van der Waals surface area contributed by atoms with Crippen LogP contribution < -0.4 is 5.32 Å². The van der Waals surface area contributed by atoms with E-state index in [2.05, 4.69) is 5.32 Å². The highest BCUT2D eigenvalue weighted by Crippen LogP contribution is 2.15. The normalized spacial score (nSPS) is 25.0. The highest BCUT2D eigenvalue weighted by atomic mass is 16.2. The first kappa shape index (κ1) is 14.2. The molecule has 98 valence electrons. The molecular formula is C14H25NO2. The molecule has 1 N–H and O–H groups in total. The first-order valence-corrected chi connectivity index (χ1v) is 7.00. The summed E-state index contributed by atoms with van der Waals surface area (Å²) in [4.78, 5) is 23.3. The van der Waals surface area contributed by atoms with Crippen LogP contribution in [0.2, 0.25) is 0 Å². The van der Waals surface area contributed by atoms with Crippen molar-refractivity contribution in [2.45, 2.75) is 64.7 Å². The third-order valence-corrected chi connectivity index (χ3v) is 3.53. The predicted molar refractivity (Wildman–Crippen MR) is 68.7 cm³/mol. The van der Waals surface area contributed by atoms with E-state index in [1.807, 2.05) is 0 Å². The van der Waals surface area contributed by atoms with Gasteiger partial charge in [-0.25, -0.2) is 0 Å². The number of ketones is 1. The molecule has 0 aromatic heterocycles. The Kier molecular flexibility index (Phi) is 6.90. The van der Waals surface area contributed by atoms with Gasteiger partial charge in [0.1, 0.15) is 5.78 Å². The molecule has 1 aliphatic heterocycles. The summed E-state index contributed by atoms with van der Waals surface area (Å²) < 4.78 is 0. The summed E-state index contributed by atoms with van der Waals surface area (Å²) in [5, 5.41) is 2.89. The molecule has 0 spiro atoms. The number of carbonyl (C=O) groups excluding carboxylic acids is 2. The van der Waals surface area contributed by atoms with E-state index in [1.54, 1.807) is 0 Å². The minimum absolute atomic E-state index is 0.0115. The lowest BCUT2D eigenvalue weighted by Gasteiger charge is -2.13. The topological polar surface area (TPSA) is 46.2 Å². The number of carbonyl (C=O) groups is 2. The Hall–Kier alpha value is -0.860. The Balaban J connectivity index is 2.45. The molecule has 1 aliphatic rings. The maximum absolute atomic E-state index is 11.8. The van der Waals surface area contributed by atoms with Crippen LogP contribution in [0.15, 0.2) is 0 Å². The zero-order chi connectivity index (χ0) is 12.5. The van der Waals surface area contributed by atoms with Crippen LogP contribution >= 0.6 is 0 Å². The van der Waals surface area contributed by atoms with Crippen LogP contribution in [0.25, 0.3) is 0 Å². The molecule has 1 heterocycles. The van der Waals surface area contributed by atoms with Gasteiger partial charge in [0.2, 0.25) is 5.91 Å². The standard InChI is InChI=1S/C14H25NO2/c1-12(16)13-10-8-6-4-2-3-5-7-9-11-15-14(13)17/h13H,2-11H2,1H3,(H,15,17). The smallest absolute Gasteiger partial charge is 0.230 e. The van der Waals surface area contributed by atoms with Gasteiger partial charge in [-0.3, -0.25) is 9.59 Å². The molecule has 0 radical (unpaired) electrons. The summed E-state index contributed by atoms with van der Waals surface area (Å²) in [5.41, 5.74) is 0. The van der Waals surface area contributed by atoms with Gasteiger partial charge in [-0.1, -0.05) is 44.9 Å². The molecule has 17 heavy (non-hydrogen) atoms. The number of nitrogens with one attached hydrogen (secondary N) is 1. The van der Waals surface area contributed by atoms with Crippen molar-refractivity contribution in [3.05, 3.63) is 0 Å². The Morgan fingerprint density at radius 1 is 1.00 bits per heavy atom. The molecule has 0 bridgehead atoms. The Morgan fingerprint density at radius 2 is 1.53 bits per heavy atom. The molecule has 1 saturated heterocycles. The second-order valence-corrected chi connectivity index (χ2v) is 5.07. The lowest BCUT2D eigenvalue weighted by molar-refractivity contribution is -0.133. The van der Waals surface area contributed by atoms with Crippen molar-refractivity contribution < 1.29 is 9.59 Å². The molecule has 3 heteroatoms. The fraction of sp³-hybridized carbons (Fsp3) is 0.857. The highest BCUT2D eigenvalue weighted by molar-refractivity contribution is 6.00. The molecule has 1 unspecified atom stereocenters. The maximum Gasteiger partial charge on any atom is 0.230 e. The molecule has 1 amide bonds. The lowest BCUT2D eigenvalue weighted by atomic mass is 9.96. The number of Topliss-reactive ketones (excluding diaryl/α,β-unsaturated/α-hetero) is 1. The molecule has 1 rings (SSSR count). The van der Waals surface area contributed by atoms with Gasteiger partial charge in [0, 0.05) is 6.54 Å².